The highest BCUT2D eigenvalue weighted by molar-refractivity contribution is 7.89. The number of aryl methyl sites for hydroxylation is 2. The maximum absolute atomic E-state index is 13.9. The third-order valence-corrected chi connectivity index (χ3v) is 9.02. The van der Waals surface area contributed by atoms with Crippen molar-refractivity contribution >= 4 is 15.9 Å². The number of benzene rings is 1. The molecule has 1 unspecified atom stereocenters. The van der Waals surface area contributed by atoms with Crippen LogP contribution in [-0.4, -0.2) is 81.1 Å². The van der Waals surface area contributed by atoms with Gasteiger partial charge in [-0.25, -0.2) is 8.42 Å². The molecular formula is C25H36N4O5S. The molecule has 1 saturated heterocycles. The molecule has 10 heteroatoms. The van der Waals surface area contributed by atoms with Crippen molar-refractivity contribution in [1.29, 1.82) is 0 Å². The smallest absolute Gasteiger partial charge is 0.244 e. The van der Waals surface area contributed by atoms with Crippen LogP contribution in [0.15, 0.2) is 35.4 Å². The molecule has 1 amide bonds. The first kappa shape index (κ1) is 25.7. The number of methoxy groups -OCH3 is 1. The summed E-state index contributed by atoms with van der Waals surface area (Å²) in [6, 6.07) is 6.73. The molecule has 0 saturated carbocycles. The number of ether oxygens (including phenoxy) is 2. The Balaban J connectivity index is 1.49. The first-order chi connectivity index (χ1) is 16.8. The molecule has 192 valence electrons. The van der Waals surface area contributed by atoms with Gasteiger partial charge < -0.3 is 19.4 Å². The monoisotopic (exact) mass is 504 g/mol. The van der Waals surface area contributed by atoms with Crippen LogP contribution in [0.5, 0.6) is 5.75 Å². The molecule has 9 nitrogen and oxygen atoms in total. The molecule has 2 aliphatic rings. The van der Waals surface area contributed by atoms with Gasteiger partial charge in [-0.05, 0) is 62.2 Å². The summed E-state index contributed by atoms with van der Waals surface area (Å²) in [5, 5.41) is 3.00. The van der Waals surface area contributed by atoms with Gasteiger partial charge in [0.15, 0.2) is 0 Å². The van der Waals surface area contributed by atoms with Crippen LogP contribution in [0.25, 0.3) is 0 Å². The van der Waals surface area contributed by atoms with Crippen LogP contribution in [0, 0.1) is 13.8 Å². The number of nitrogens with zero attached hydrogens (tertiary/aromatic N) is 3. The van der Waals surface area contributed by atoms with Crippen molar-refractivity contribution in [2.24, 2.45) is 0 Å². The summed E-state index contributed by atoms with van der Waals surface area (Å²) in [6.45, 7) is 9.25. The SMILES string of the molecule is COc1cc(C)c(S(=O)(=O)N2CCn3cccc3C2CC(=O)NCCCN2CCOCC2)c(C)c1. The van der Waals surface area contributed by atoms with E-state index in [2.05, 4.69) is 10.2 Å². The normalized spacial score (nSPS) is 19.3. The van der Waals surface area contributed by atoms with Crippen molar-refractivity contribution in [1.82, 2.24) is 19.1 Å². The second-order valence-corrected chi connectivity index (χ2v) is 11.0. The van der Waals surface area contributed by atoms with Gasteiger partial charge in [-0.3, -0.25) is 9.69 Å². The van der Waals surface area contributed by atoms with E-state index in [-0.39, 0.29) is 17.2 Å². The maximum atomic E-state index is 13.9. The van der Waals surface area contributed by atoms with Gasteiger partial charge in [0.25, 0.3) is 0 Å². The van der Waals surface area contributed by atoms with Crippen molar-refractivity contribution in [2.75, 3.05) is 53.0 Å². The molecule has 0 aliphatic carbocycles. The number of sulfonamides is 1. The Morgan fingerprint density at radius 2 is 1.86 bits per heavy atom. The minimum atomic E-state index is -3.84. The van der Waals surface area contributed by atoms with Crippen LogP contribution in [-0.2, 0) is 26.1 Å². The molecular weight excluding hydrogens is 468 g/mol. The Labute approximate surface area is 208 Å². The van der Waals surface area contributed by atoms with E-state index in [4.69, 9.17) is 9.47 Å². The first-order valence-corrected chi connectivity index (χ1v) is 13.6. The molecule has 2 aromatic rings. The van der Waals surface area contributed by atoms with E-state index in [1.54, 1.807) is 33.1 Å². The number of amides is 1. The summed E-state index contributed by atoms with van der Waals surface area (Å²) >= 11 is 0. The molecule has 2 aliphatic heterocycles. The molecule has 1 aromatic carbocycles. The van der Waals surface area contributed by atoms with Gasteiger partial charge in [-0.2, -0.15) is 4.31 Å². The van der Waals surface area contributed by atoms with Crippen molar-refractivity contribution in [3.8, 4) is 5.75 Å². The molecule has 4 rings (SSSR count). The average molecular weight is 505 g/mol. The summed E-state index contributed by atoms with van der Waals surface area (Å²) in [7, 11) is -2.27. The predicted octanol–water partition coefficient (Wildman–Crippen LogP) is 2.09. The Hall–Kier alpha value is -2.40. The Bertz CT molecular complexity index is 1120. The van der Waals surface area contributed by atoms with E-state index in [1.807, 2.05) is 22.9 Å². The van der Waals surface area contributed by atoms with E-state index < -0.39 is 16.1 Å². The lowest BCUT2D eigenvalue weighted by atomic mass is 10.1. The summed E-state index contributed by atoms with van der Waals surface area (Å²) in [6.07, 6.45) is 2.87. The number of carbonyl (C=O) groups is 1. The van der Waals surface area contributed by atoms with Crippen LogP contribution < -0.4 is 10.1 Å². The van der Waals surface area contributed by atoms with Crippen molar-refractivity contribution < 1.29 is 22.7 Å². The molecule has 3 heterocycles. The number of aromatic nitrogens is 1. The van der Waals surface area contributed by atoms with Crippen LogP contribution in [0.3, 0.4) is 0 Å². The number of hydrogen-bond acceptors (Lipinski definition) is 6. The molecule has 0 radical (unpaired) electrons. The lowest BCUT2D eigenvalue weighted by molar-refractivity contribution is -0.122. The molecule has 1 N–H and O–H groups in total. The highest BCUT2D eigenvalue weighted by atomic mass is 32.2. The second-order valence-electron chi connectivity index (χ2n) is 9.21. The van der Waals surface area contributed by atoms with Crippen LogP contribution in [0.2, 0.25) is 0 Å². The van der Waals surface area contributed by atoms with Crippen molar-refractivity contribution in [3.63, 3.8) is 0 Å². The topological polar surface area (TPSA) is 93.1 Å². The number of carbonyl (C=O) groups excluding carboxylic acids is 1. The number of hydrogen-bond donors (Lipinski definition) is 1. The fraction of sp³-hybridized carbons (Fsp3) is 0.560. The number of rotatable bonds is 9. The molecule has 1 aromatic heterocycles. The third kappa shape index (κ3) is 5.72. The molecule has 0 bridgehead atoms. The Morgan fingerprint density at radius 3 is 2.54 bits per heavy atom. The predicted molar refractivity (Wildman–Crippen MR) is 133 cm³/mol. The van der Waals surface area contributed by atoms with Crippen LogP contribution in [0.1, 0.15) is 35.7 Å². The number of fused-ring (bicyclic) bond motifs is 1. The van der Waals surface area contributed by atoms with E-state index in [0.717, 1.165) is 45.0 Å². The van der Waals surface area contributed by atoms with Gasteiger partial charge >= 0.3 is 0 Å². The Morgan fingerprint density at radius 1 is 1.14 bits per heavy atom. The standard InChI is InChI=1S/C25H36N4O5S/c1-19-16-21(33-3)17-20(2)25(19)35(31,32)29-11-10-28-9-4-6-22(28)23(29)18-24(30)26-7-5-8-27-12-14-34-15-13-27/h4,6,9,16-17,23H,5,7-8,10-15,18H2,1-3H3,(H,26,30). The van der Waals surface area contributed by atoms with Gasteiger partial charge in [-0.1, -0.05) is 0 Å². The summed E-state index contributed by atoms with van der Waals surface area (Å²) < 4.78 is 42.1. The van der Waals surface area contributed by atoms with Crippen molar-refractivity contribution in [2.45, 2.75) is 44.2 Å². The molecule has 1 atom stereocenters. The minimum Gasteiger partial charge on any atom is -0.497 e. The zero-order valence-electron chi connectivity index (χ0n) is 20.8. The van der Waals surface area contributed by atoms with Crippen LogP contribution >= 0.6 is 0 Å². The van der Waals surface area contributed by atoms with E-state index in [0.29, 0.717) is 36.5 Å². The van der Waals surface area contributed by atoms with Gasteiger partial charge in [0, 0.05) is 51.0 Å². The summed E-state index contributed by atoms with van der Waals surface area (Å²) in [5.41, 5.74) is 2.11. The largest absolute Gasteiger partial charge is 0.497 e. The van der Waals surface area contributed by atoms with E-state index >= 15 is 0 Å². The van der Waals surface area contributed by atoms with Gasteiger partial charge in [0.1, 0.15) is 5.75 Å². The zero-order valence-corrected chi connectivity index (χ0v) is 21.6. The quantitative estimate of drug-likeness (QED) is 0.526. The van der Waals surface area contributed by atoms with Gasteiger partial charge in [0.2, 0.25) is 15.9 Å². The van der Waals surface area contributed by atoms with Gasteiger partial charge in [-0.15, -0.1) is 0 Å². The molecule has 35 heavy (non-hydrogen) atoms. The first-order valence-electron chi connectivity index (χ1n) is 12.2. The fourth-order valence-corrected chi connectivity index (χ4v) is 7.10. The van der Waals surface area contributed by atoms with Crippen molar-refractivity contribution in [3.05, 3.63) is 47.3 Å². The third-order valence-electron chi connectivity index (χ3n) is 6.81. The maximum Gasteiger partial charge on any atom is 0.244 e. The lowest BCUT2D eigenvalue weighted by Crippen LogP contribution is -2.44. The van der Waals surface area contributed by atoms with Gasteiger partial charge in [0.05, 0.1) is 31.3 Å². The number of morpholine rings is 1. The number of nitrogens with one attached hydrogen (secondary N) is 1. The van der Waals surface area contributed by atoms with E-state index in [9.17, 15) is 13.2 Å². The molecule has 0 spiro atoms. The van der Waals surface area contributed by atoms with E-state index in [1.165, 1.54) is 4.31 Å². The highest BCUT2D eigenvalue weighted by Gasteiger charge is 2.39. The summed E-state index contributed by atoms with van der Waals surface area (Å²) in [4.78, 5) is 15.5. The lowest BCUT2D eigenvalue weighted by Gasteiger charge is -2.36. The fourth-order valence-electron chi connectivity index (χ4n) is 5.09. The summed E-state index contributed by atoms with van der Waals surface area (Å²) in [5.74, 6) is 0.481. The Kier molecular flexibility index (Phi) is 8.16. The highest BCUT2D eigenvalue weighted by Crippen LogP contribution is 2.36. The minimum absolute atomic E-state index is 0.0784. The zero-order chi connectivity index (χ0) is 25.0. The second kappa shape index (κ2) is 11.1. The average Bonchev–Trinajstić information content (AvgIpc) is 3.31. The van der Waals surface area contributed by atoms with Crippen LogP contribution in [0.4, 0.5) is 0 Å². The molecule has 1 fully saturated rings.